The van der Waals surface area contributed by atoms with Crippen LogP contribution in [0.15, 0.2) is 218 Å². The van der Waals surface area contributed by atoms with Gasteiger partial charge in [0.15, 0.2) is 17.5 Å². The van der Waals surface area contributed by atoms with Crippen molar-refractivity contribution in [3.63, 3.8) is 0 Å². The first-order valence-electron chi connectivity index (χ1n) is 21.3. The lowest BCUT2D eigenvalue weighted by molar-refractivity contribution is 1.06. The predicted molar refractivity (Wildman–Crippen MR) is 260 cm³/mol. The zero-order valence-corrected chi connectivity index (χ0v) is 34.5. The zero-order chi connectivity index (χ0) is 42.6. The van der Waals surface area contributed by atoms with Gasteiger partial charge in [-0.05, 0) is 70.8 Å². The molecule has 0 atom stereocenters. The average Bonchev–Trinajstić information content (AvgIpc) is 3.90. The van der Waals surface area contributed by atoms with Crippen LogP contribution in [0.4, 0.5) is 0 Å². The van der Waals surface area contributed by atoms with E-state index in [4.69, 9.17) is 15.0 Å². The molecule has 0 saturated carbocycles. The molecule has 0 amide bonds. The van der Waals surface area contributed by atoms with Crippen LogP contribution in [-0.4, -0.2) is 24.1 Å². The van der Waals surface area contributed by atoms with Crippen LogP contribution >= 0.6 is 0 Å². The lowest BCUT2D eigenvalue weighted by atomic mass is 9.95. The Balaban J connectivity index is 1.16. The Kier molecular flexibility index (Phi) is 8.77. The van der Waals surface area contributed by atoms with Crippen LogP contribution in [0.3, 0.4) is 0 Å². The van der Waals surface area contributed by atoms with Gasteiger partial charge >= 0.3 is 0 Å². The van der Waals surface area contributed by atoms with E-state index >= 15 is 0 Å². The van der Waals surface area contributed by atoms with Crippen LogP contribution in [0.2, 0.25) is 0 Å². The molecule has 298 valence electrons. The molecule has 0 spiro atoms. The maximum Gasteiger partial charge on any atom is 0.166 e. The molecule has 0 unspecified atom stereocenters. The lowest BCUT2D eigenvalue weighted by Gasteiger charge is -2.17. The summed E-state index contributed by atoms with van der Waals surface area (Å²) in [5.74, 6) is 1.80. The second-order valence-electron chi connectivity index (χ2n) is 15.9. The van der Waals surface area contributed by atoms with Crippen LogP contribution in [0.1, 0.15) is 5.56 Å². The third kappa shape index (κ3) is 5.99. The molecule has 0 aliphatic heterocycles. The molecule has 12 aromatic rings. The molecule has 6 nitrogen and oxygen atoms in total. The van der Waals surface area contributed by atoms with E-state index in [-0.39, 0.29) is 0 Å². The second-order valence-corrected chi connectivity index (χ2v) is 15.9. The Bertz CT molecular complexity index is 3730. The summed E-state index contributed by atoms with van der Waals surface area (Å²) in [4.78, 5) is 15.5. The number of nitrogens with zero attached hydrogens (tertiary/aromatic N) is 6. The molecule has 64 heavy (non-hydrogen) atoms. The minimum atomic E-state index is 0.583. The molecule has 0 radical (unpaired) electrons. The van der Waals surface area contributed by atoms with Crippen LogP contribution in [0, 0.1) is 11.3 Å². The van der Waals surface area contributed by atoms with Crippen molar-refractivity contribution in [1.29, 1.82) is 5.26 Å². The van der Waals surface area contributed by atoms with Crippen LogP contribution in [0.5, 0.6) is 0 Å². The molecular formula is C58H36N6. The highest BCUT2D eigenvalue weighted by molar-refractivity contribution is 6.22. The van der Waals surface area contributed by atoms with Gasteiger partial charge < -0.3 is 9.13 Å². The van der Waals surface area contributed by atoms with Gasteiger partial charge in [0.1, 0.15) is 6.07 Å². The normalized spacial score (nSPS) is 11.4. The number of aromatic nitrogens is 5. The highest BCUT2D eigenvalue weighted by Crippen LogP contribution is 2.45. The maximum absolute atomic E-state index is 10.2. The first-order valence-corrected chi connectivity index (χ1v) is 21.3. The number of fused-ring (bicyclic) bond motifs is 6. The third-order valence-electron chi connectivity index (χ3n) is 12.2. The molecule has 0 saturated heterocycles. The maximum atomic E-state index is 10.2. The van der Waals surface area contributed by atoms with E-state index in [9.17, 15) is 5.26 Å². The van der Waals surface area contributed by atoms with Crippen molar-refractivity contribution >= 4 is 43.6 Å². The quantitative estimate of drug-likeness (QED) is 0.161. The van der Waals surface area contributed by atoms with E-state index in [0.29, 0.717) is 23.0 Å². The molecule has 0 bridgehead atoms. The van der Waals surface area contributed by atoms with E-state index in [1.54, 1.807) is 0 Å². The number of nitriles is 1. The smallest absolute Gasteiger partial charge is 0.166 e. The van der Waals surface area contributed by atoms with E-state index in [1.807, 2.05) is 84.9 Å². The van der Waals surface area contributed by atoms with Gasteiger partial charge in [-0.2, -0.15) is 5.26 Å². The predicted octanol–water partition coefficient (Wildman–Crippen LogP) is 14.3. The van der Waals surface area contributed by atoms with Gasteiger partial charge in [-0.15, -0.1) is 0 Å². The summed E-state index contributed by atoms with van der Waals surface area (Å²) in [6.45, 7) is 0. The van der Waals surface area contributed by atoms with Gasteiger partial charge in [0.05, 0.1) is 39.0 Å². The first-order chi connectivity index (χ1) is 31.7. The SMILES string of the molecule is N#Cc1ccccc1-n1c2ccccc2c2c(-c3cccc4c3c3ccccc3n4-c3cc(-c4ccccc4)ccc3-c3nc(-c4ccccc4)nc(-c4ccccc4)n3)cccc21. The Morgan fingerprint density at radius 1 is 0.328 bits per heavy atom. The summed E-state index contributed by atoms with van der Waals surface area (Å²) < 4.78 is 4.62. The van der Waals surface area contributed by atoms with E-state index in [0.717, 1.165) is 93.9 Å². The average molecular weight is 817 g/mol. The number of benzene rings is 9. The molecule has 6 heteroatoms. The summed E-state index contributed by atoms with van der Waals surface area (Å²) in [5.41, 5.74) is 13.8. The molecular weight excluding hydrogens is 781 g/mol. The van der Waals surface area contributed by atoms with E-state index < -0.39 is 0 Å². The first kappa shape index (κ1) is 36.9. The number of para-hydroxylation sites is 3. The van der Waals surface area contributed by atoms with Gasteiger partial charge in [0, 0.05) is 38.2 Å². The standard InChI is InChI=1S/C58H36N6/c59-37-42-24-10-13-29-48(42)63-49-30-14-11-25-45(49)54-43(27-16-32-51(54)63)44-28-17-33-52-55(44)46-26-12-15-31-50(46)64(52)53-36-41(38-18-4-1-5-19-38)34-35-47(53)58-61-56(39-20-6-2-7-21-39)60-57(62-58)40-22-8-3-9-23-40/h1-36H. The summed E-state index contributed by atoms with van der Waals surface area (Å²) in [5, 5.41) is 14.8. The van der Waals surface area contributed by atoms with Gasteiger partial charge in [-0.25, -0.2) is 15.0 Å². The Morgan fingerprint density at radius 3 is 1.34 bits per heavy atom. The Morgan fingerprint density at radius 2 is 0.781 bits per heavy atom. The number of hydrogen-bond acceptors (Lipinski definition) is 4. The molecule has 3 aromatic heterocycles. The van der Waals surface area contributed by atoms with Crippen molar-refractivity contribution in [1.82, 2.24) is 24.1 Å². The van der Waals surface area contributed by atoms with Gasteiger partial charge in [0.25, 0.3) is 0 Å². The van der Waals surface area contributed by atoms with Crippen molar-refractivity contribution < 1.29 is 0 Å². The Labute approximate surface area is 369 Å². The number of rotatable bonds is 7. The fourth-order valence-corrected chi connectivity index (χ4v) is 9.41. The van der Waals surface area contributed by atoms with E-state index in [1.165, 1.54) is 0 Å². The Hall–Kier alpha value is -8.92. The molecule has 12 rings (SSSR count). The lowest BCUT2D eigenvalue weighted by Crippen LogP contribution is -2.04. The summed E-state index contributed by atoms with van der Waals surface area (Å²) in [6, 6.07) is 78.0. The van der Waals surface area contributed by atoms with Gasteiger partial charge in [0.2, 0.25) is 0 Å². The zero-order valence-electron chi connectivity index (χ0n) is 34.5. The molecule has 0 N–H and O–H groups in total. The highest BCUT2D eigenvalue weighted by Gasteiger charge is 2.24. The fourth-order valence-electron chi connectivity index (χ4n) is 9.41. The van der Waals surface area contributed by atoms with Crippen molar-refractivity contribution in [3.05, 3.63) is 224 Å². The van der Waals surface area contributed by atoms with E-state index in [2.05, 4.69) is 149 Å². The van der Waals surface area contributed by atoms with Gasteiger partial charge in [-0.1, -0.05) is 170 Å². The summed E-state index contributed by atoms with van der Waals surface area (Å²) >= 11 is 0. The van der Waals surface area contributed by atoms with Crippen LogP contribution in [0.25, 0.3) is 111 Å². The monoisotopic (exact) mass is 816 g/mol. The molecule has 0 aliphatic carbocycles. The van der Waals surface area contributed by atoms with Crippen molar-refractivity contribution in [2.45, 2.75) is 0 Å². The molecule has 0 aliphatic rings. The third-order valence-corrected chi connectivity index (χ3v) is 12.2. The van der Waals surface area contributed by atoms with Crippen LogP contribution in [-0.2, 0) is 0 Å². The minimum absolute atomic E-state index is 0.583. The second kappa shape index (κ2) is 15.2. The van der Waals surface area contributed by atoms with Crippen molar-refractivity contribution in [2.75, 3.05) is 0 Å². The highest BCUT2D eigenvalue weighted by atomic mass is 15.1. The minimum Gasteiger partial charge on any atom is -0.308 e. The molecule has 9 aromatic carbocycles. The van der Waals surface area contributed by atoms with Crippen LogP contribution < -0.4 is 0 Å². The van der Waals surface area contributed by atoms with Crippen molar-refractivity contribution in [3.8, 4) is 73.9 Å². The topological polar surface area (TPSA) is 72.3 Å². The van der Waals surface area contributed by atoms with Crippen molar-refractivity contribution in [2.24, 2.45) is 0 Å². The van der Waals surface area contributed by atoms with Gasteiger partial charge in [-0.3, -0.25) is 0 Å². The number of hydrogen-bond donors (Lipinski definition) is 0. The molecule has 3 heterocycles. The summed E-state index contributed by atoms with van der Waals surface area (Å²) in [7, 11) is 0. The summed E-state index contributed by atoms with van der Waals surface area (Å²) in [6.07, 6.45) is 0. The molecule has 0 fully saturated rings. The fraction of sp³-hybridized carbons (Fsp3) is 0. The largest absolute Gasteiger partial charge is 0.308 e.